The smallest absolute Gasteiger partial charge is 0.362 e. The minimum Gasteiger partial charge on any atom is -0.409 e. The van der Waals surface area contributed by atoms with Crippen LogP contribution in [0.25, 0.3) is 0 Å². The zero-order valence-electron chi connectivity index (χ0n) is 12.0. The average Bonchev–Trinajstić information content (AvgIpc) is 2.95. The second kappa shape index (κ2) is 5.43. The Kier molecular flexibility index (Phi) is 3.64. The van der Waals surface area contributed by atoms with E-state index in [9.17, 15) is 0 Å². The molecule has 20 heavy (non-hydrogen) atoms. The molecule has 0 amide bonds. The van der Waals surface area contributed by atoms with Crippen molar-refractivity contribution in [2.24, 2.45) is 5.92 Å². The molecule has 102 valence electrons. The van der Waals surface area contributed by atoms with E-state index in [1.165, 1.54) is 11.1 Å². The maximum Gasteiger partial charge on any atom is 0.362 e. The summed E-state index contributed by atoms with van der Waals surface area (Å²) in [6.45, 7) is 4.49. The predicted octanol–water partition coefficient (Wildman–Crippen LogP) is 2.84. The minimum absolute atomic E-state index is 0.271. The van der Waals surface area contributed by atoms with Crippen LogP contribution < -0.4 is 5.23 Å². The molecule has 0 aliphatic carbocycles. The third kappa shape index (κ3) is 2.07. The van der Waals surface area contributed by atoms with Crippen LogP contribution in [0.4, 0.5) is 0 Å². The van der Waals surface area contributed by atoms with Gasteiger partial charge in [0.2, 0.25) is 0 Å². The summed E-state index contributed by atoms with van der Waals surface area (Å²) >= 11 is 0. The zero-order chi connectivity index (χ0) is 14.0. The van der Waals surface area contributed by atoms with Crippen LogP contribution in [-0.4, -0.2) is 13.7 Å². The first-order valence-corrected chi connectivity index (χ1v) is 7.23. The zero-order valence-corrected chi connectivity index (χ0v) is 12.0. The second-order valence-corrected chi connectivity index (χ2v) is 5.68. The van der Waals surface area contributed by atoms with Crippen LogP contribution >= 0.6 is 0 Å². The lowest BCUT2D eigenvalue weighted by molar-refractivity contribution is 0.0991. The molecular weight excluding hydrogens is 245 g/mol. The van der Waals surface area contributed by atoms with Gasteiger partial charge in [-0.1, -0.05) is 74.5 Å². The molecule has 0 spiro atoms. The maximum absolute atomic E-state index is 6.28. The van der Waals surface area contributed by atoms with Gasteiger partial charge in [-0.05, 0) is 17.0 Å². The van der Waals surface area contributed by atoms with E-state index in [0.29, 0.717) is 13.5 Å². The Balaban J connectivity index is 2.18. The highest BCUT2D eigenvalue weighted by atomic mass is 16.5. The average molecular weight is 265 g/mol. The summed E-state index contributed by atoms with van der Waals surface area (Å²) in [6.07, 6.45) is 0. The monoisotopic (exact) mass is 265 g/mol. The van der Waals surface area contributed by atoms with Crippen molar-refractivity contribution in [1.82, 2.24) is 5.23 Å². The molecular formula is C17H20BNO. The topological polar surface area (TPSA) is 21.3 Å². The third-order valence-corrected chi connectivity index (χ3v) is 4.11. The highest BCUT2D eigenvalue weighted by Crippen LogP contribution is 2.41. The molecule has 3 rings (SSSR count). The molecule has 0 bridgehead atoms. The Hall–Kier alpha value is -1.58. The molecule has 1 atom stereocenters. The van der Waals surface area contributed by atoms with E-state index in [1.807, 2.05) is 0 Å². The largest absolute Gasteiger partial charge is 0.409 e. The molecule has 0 aromatic heterocycles. The SMILES string of the molecule is CC(C)C1NBOC1(c1ccccc1)c1ccccc1. The van der Waals surface area contributed by atoms with Gasteiger partial charge in [0, 0.05) is 6.04 Å². The second-order valence-electron chi connectivity index (χ2n) is 5.68. The predicted molar refractivity (Wildman–Crippen MR) is 83.7 cm³/mol. The Bertz CT molecular complexity index is 516. The van der Waals surface area contributed by atoms with Crippen molar-refractivity contribution in [3.63, 3.8) is 0 Å². The number of hydrogen-bond acceptors (Lipinski definition) is 2. The molecule has 0 radical (unpaired) electrons. The van der Waals surface area contributed by atoms with Gasteiger partial charge in [0.05, 0.1) is 0 Å². The number of hydrogen-bond donors (Lipinski definition) is 1. The van der Waals surface area contributed by atoms with Crippen LogP contribution in [0.1, 0.15) is 25.0 Å². The normalized spacial score (nSPS) is 20.9. The first-order valence-electron chi connectivity index (χ1n) is 7.23. The van der Waals surface area contributed by atoms with Crippen LogP contribution in [0.5, 0.6) is 0 Å². The Morgan fingerprint density at radius 2 is 1.45 bits per heavy atom. The lowest BCUT2D eigenvalue weighted by atomic mass is 9.76. The summed E-state index contributed by atoms with van der Waals surface area (Å²) in [5, 5.41) is 3.52. The maximum atomic E-state index is 6.28. The van der Waals surface area contributed by atoms with E-state index < -0.39 is 5.60 Å². The highest BCUT2D eigenvalue weighted by molar-refractivity contribution is 6.25. The van der Waals surface area contributed by atoms with Gasteiger partial charge in [0.15, 0.2) is 0 Å². The third-order valence-electron chi connectivity index (χ3n) is 4.11. The van der Waals surface area contributed by atoms with Gasteiger partial charge in [0.1, 0.15) is 5.60 Å². The van der Waals surface area contributed by atoms with Crippen molar-refractivity contribution in [3.05, 3.63) is 71.8 Å². The Morgan fingerprint density at radius 3 is 1.90 bits per heavy atom. The summed E-state index contributed by atoms with van der Waals surface area (Å²) in [5.41, 5.74) is 2.04. The molecule has 1 aliphatic heterocycles. The van der Waals surface area contributed by atoms with Crippen molar-refractivity contribution in [3.8, 4) is 0 Å². The standard InChI is InChI=1S/C17H20BNO/c1-13(2)16-17(20-18-19-16,14-9-5-3-6-10-14)15-11-7-4-8-12-15/h3-13,16,18-19H,1-2H3. The fourth-order valence-corrected chi connectivity index (χ4v) is 3.25. The van der Waals surface area contributed by atoms with Crippen molar-refractivity contribution in [2.45, 2.75) is 25.5 Å². The first kappa shape index (κ1) is 13.4. The van der Waals surface area contributed by atoms with Crippen LogP contribution in [0.15, 0.2) is 60.7 Å². The quantitative estimate of drug-likeness (QED) is 0.862. The molecule has 0 saturated carbocycles. The Labute approximate surface area is 121 Å². The van der Waals surface area contributed by atoms with Gasteiger partial charge in [-0.2, -0.15) is 0 Å². The van der Waals surface area contributed by atoms with E-state index >= 15 is 0 Å². The number of rotatable bonds is 3. The first-order chi connectivity index (χ1) is 9.75. The summed E-state index contributed by atoms with van der Waals surface area (Å²) in [5.74, 6) is 0.484. The van der Waals surface area contributed by atoms with E-state index in [2.05, 4.69) is 79.7 Å². The van der Waals surface area contributed by atoms with Crippen LogP contribution in [0.2, 0.25) is 0 Å². The minimum atomic E-state index is -0.392. The van der Waals surface area contributed by atoms with Crippen LogP contribution in [0.3, 0.4) is 0 Å². The molecule has 1 unspecified atom stereocenters. The summed E-state index contributed by atoms with van der Waals surface area (Å²) in [7, 11) is 0.590. The Morgan fingerprint density at radius 1 is 0.950 bits per heavy atom. The van der Waals surface area contributed by atoms with E-state index in [4.69, 9.17) is 4.65 Å². The van der Waals surface area contributed by atoms with Gasteiger partial charge in [0.25, 0.3) is 0 Å². The van der Waals surface area contributed by atoms with Gasteiger partial charge in [-0.25, -0.2) is 0 Å². The van der Waals surface area contributed by atoms with E-state index in [1.54, 1.807) is 0 Å². The summed E-state index contributed by atoms with van der Waals surface area (Å²) < 4.78 is 6.28. The fourth-order valence-electron chi connectivity index (χ4n) is 3.25. The molecule has 1 heterocycles. The summed E-state index contributed by atoms with van der Waals surface area (Å²) in [4.78, 5) is 0. The highest BCUT2D eigenvalue weighted by Gasteiger charge is 2.48. The van der Waals surface area contributed by atoms with Gasteiger partial charge in [-0.3, -0.25) is 0 Å². The molecule has 1 fully saturated rings. The van der Waals surface area contributed by atoms with Gasteiger partial charge in [-0.15, -0.1) is 0 Å². The number of benzene rings is 2. The molecule has 2 nitrogen and oxygen atoms in total. The van der Waals surface area contributed by atoms with E-state index in [-0.39, 0.29) is 6.04 Å². The van der Waals surface area contributed by atoms with Crippen molar-refractivity contribution in [1.29, 1.82) is 0 Å². The van der Waals surface area contributed by atoms with Crippen LogP contribution in [-0.2, 0) is 10.3 Å². The van der Waals surface area contributed by atoms with Crippen molar-refractivity contribution < 1.29 is 4.65 Å². The summed E-state index contributed by atoms with van der Waals surface area (Å²) in [6, 6.07) is 21.3. The lowest BCUT2D eigenvalue weighted by Crippen LogP contribution is -2.45. The van der Waals surface area contributed by atoms with Crippen molar-refractivity contribution >= 4 is 7.62 Å². The molecule has 1 saturated heterocycles. The molecule has 2 aromatic rings. The van der Waals surface area contributed by atoms with E-state index in [0.717, 1.165) is 0 Å². The van der Waals surface area contributed by atoms with Crippen molar-refractivity contribution in [2.75, 3.05) is 0 Å². The van der Waals surface area contributed by atoms with Crippen LogP contribution in [0, 0.1) is 5.92 Å². The van der Waals surface area contributed by atoms with Gasteiger partial charge >= 0.3 is 7.62 Å². The molecule has 2 aromatic carbocycles. The lowest BCUT2D eigenvalue weighted by Gasteiger charge is -2.38. The molecule has 3 heteroatoms. The fraction of sp³-hybridized carbons (Fsp3) is 0.294. The molecule has 1 N–H and O–H groups in total. The number of nitrogens with one attached hydrogen (secondary N) is 1. The molecule has 1 aliphatic rings. The van der Waals surface area contributed by atoms with Gasteiger partial charge < -0.3 is 9.88 Å².